The summed E-state index contributed by atoms with van der Waals surface area (Å²) in [6.07, 6.45) is 1.60. The smallest absolute Gasteiger partial charge is 0.222 e. The van der Waals surface area contributed by atoms with E-state index in [4.69, 9.17) is 21.1 Å². The molecule has 0 fully saturated rings. The SMILES string of the molecule is COc1cccc(-c2ccnc(Cl)n2)c1OC. The van der Waals surface area contributed by atoms with Crippen LogP contribution in [0.1, 0.15) is 0 Å². The molecule has 17 heavy (non-hydrogen) atoms. The highest BCUT2D eigenvalue weighted by Gasteiger charge is 2.12. The Hall–Kier alpha value is -1.81. The first-order chi connectivity index (χ1) is 8.26. The van der Waals surface area contributed by atoms with Gasteiger partial charge in [-0.2, -0.15) is 0 Å². The van der Waals surface area contributed by atoms with Crippen molar-refractivity contribution < 1.29 is 9.47 Å². The molecule has 1 heterocycles. The standard InChI is InChI=1S/C12H11ClN2O2/c1-16-10-5-3-4-8(11(10)17-2)9-6-7-14-12(13)15-9/h3-7H,1-2H3. The van der Waals surface area contributed by atoms with E-state index in [2.05, 4.69) is 9.97 Å². The van der Waals surface area contributed by atoms with Crippen LogP contribution >= 0.6 is 11.6 Å². The van der Waals surface area contributed by atoms with Crippen molar-refractivity contribution in [2.45, 2.75) is 0 Å². The summed E-state index contributed by atoms with van der Waals surface area (Å²) in [4.78, 5) is 7.99. The van der Waals surface area contributed by atoms with Gasteiger partial charge in [-0.3, -0.25) is 0 Å². The Morgan fingerprint density at radius 2 is 1.94 bits per heavy atom. The lowest BCUT2D eigenvalue weighted by Crippen LogP contribution is -1.94. The predicted molar refractivity (Wildman–Crippen MR) is 65.6 cm³/mol. The van der Waals surface area contributed by atoms with Crippen LogP contribution in [-0.2, 0) is 0 Å². The zero-order chi connectivity index (χ0) is 12.3. The highest BCUT2D eigenvalue weighted by atomic mass is 35.5. The van der Waals surface area contributed by atoms with Gasteiger partial charge in [0.25, 0.3) is 0 Å². The van der Waals surface area contributed by atoms with Gasteiger partial charge in [0, 0.05) is 11.8 Å². The third-order valence-electron chi connectivity index (χ3n) is 2.31. The minimum atomic E-state index is 0.201. The third-order valence-corrected chi connectivity index (χ3v) is 2.49. The van der Waals surface area contributed by atoms with Crippen molar-refractivity contribution in [1.29, 1.82) is 0 Å². The second-order valence-electron chi connectivity index (χ2n) is 3.25. The Morgan fingerprint density at radius 1 is 1.12 bits per heavy atom. The number of nitrogens with zero attached hydrogens (tertiary/aromatic N) is 2. The summed E-state index contributed by atoms with van der Waals surface area (Å²) in [5, 5.41) is 0.201. The Bertz CT molecular complexity index is 532. The van der Waals surface area contributed by atoms with Crippen LogP contribution in [0.4, 0.5) is 0 Å². The first-order valence-corrected chi connectivity index (χ1v) is 5.34. The second-order valence-corrected chi connectivity index (χ2v) is 3.59. The molecule has 0 saturated heterocycles. The molecule has 0 amide bonds. The number of methoxy groups -OCH3 is 2. The normalized spacial score (nSPS) is 10.1. The zero-order valence-electron chi connectivity index (χ0n) is 9.48. The maximum Gasteiger partial charge on any atom is 0.222 e. The van der Waals surface area contributed by atoms with Crippen molar-refractivity contribution in [2.24, 2.45) is 0 Å². The minimum Gasteiger partial charge on any atom is -0.493 e. The molecule has 0 aliphatic heterocycles. The van der Waals surface area contributed by atoms with E-state index in [-0.39, 0.29) is 5.28 Å². The number of rotatable bonds is 3. The summed E-state index contributed by atoms with van der Waals surface area (Å²) >= 11 is 5.77. The molecule has 0 aliphatic carbocycles. The number of hydrogen-bond donors (Lipinski definition) is 0. The number of ether oxygens (including phenoxy) is 2. The third kappa shape index (κ3) is 2.31. The maximum absolute atomic E-state index is 5.77. The van der Waals surface area contributed by atoms with Crippen LogP contribution in [0.15, 0.2) is 30.5 Å². The topological polar surface area (TPSA) is 44.2 Å². The van der Waals surface area contributed by atoms with Crippen LogP contribution in [0.2, 0.25) is 5.28 Å². The fourth-order valence-corrected chi connectivity index (χ4v) is 1.72. The summed E-state index contributed by atoms with van der Waals surface area (Å²) in [5.41, 5.74) is 1.51. The van der Waals surface area contributed by atoms with Crippen molar-refractivity contribution in [3.05, 3.63) is 35.7 Å². The Morgan fingerprint density at radius 3 is 2.59 bits per heavy atom. The molecule has 0 atom stereocenters. The highest BCUT2D eigenvalue weighted by molar-refractivity contribution is 6.28. The van der Waals surface area contributed by atoms with Gasteiger partial charge < -0.3 is 9.47 Å². The minimum absolute atomic E-state index is 0.201. The largest absolute Gasteiger partial charge is 0.493 e. The van der Waals surface area contributed by atoms with Crippen molar-refractivity contribution in [2.75, 3.05) is 14.2 Å². The van der Waals surface area contributed by atoms with Crippen molar-refractivity contribution in [1.82, 2.24) is 9.97 Å². The van der Waals surface area contributed by atoms with Crippen LogP contribution in [0, 0.1) is 0 Å². The second kappa shape index (κ2) is 5.01. The zero-order valence-corrected chi connectivity index (χ0v) is 10.2. The molecule has 0 saturated carbocycles. The van der Waals surface area contributed by atoms with Gasteiger partial charge in [0.15, 0.2) is 11.5 Å². The summed E-state index contributed by atoms with van der Waals surface area (Å²) < 4.78 is 10.6. The number of para-hydroxylation sites is 1. The van der Waals surface area contributed by atoms with E-state index in [1.165, 1.54) is 0 Å². The summed E-state index contributed by atoms with van der Waals surface area (Å²) in [7, 11) is 3.18. The number of hydrogen-bond acceptors (Lipinski definition) is 4. The quantitative estimate of drug-likeness (QED) is 0.786. The molecule has 0 N–H and O–H groups in total. The molecule has 2 rings (SSSR count). The van der Waals surface area contributed by atoms with E-state index >= 15 is 0 Å². The summed E-state index contributed by atoms with van der Waals surface area (Å²) in [6, 6.07) is 7.35. The number of aromatic nitrogens is 2. The van der Waals surface area contributed by atoms with Gasteiger partial charge in [-0.1, -0.05) is 6.07 Å². The van der Waals surface area contributed by atoms with E-state index in [1.807, 2.05) is 18.2 Å². The lowest BCUT2D eigenvalue weighted by atomic mass is 10.1. The Labute approximate surface area is 104 Å². The molecular weight excluding hydrogens is 240 g/mol. The molecule has 0 radical (unpaired) electrons. The first-order valence-electron chi connectivity index (χ1n) is 4.96. The van der Waals surface area contributed by atoms with Gasteiger partial charge in [0.1, 0.15) is 0 Å². The van der Waals surface area contributed by atoms with Crippen molar-refractivity contribution in [3.63, 3.8) is 0 Å². The molecule has 2 aromatic rings. The van der Waals surface area contributed by atoms with E-state index in [0.717, 1.165) is 5.56 Å². The van der Waals surface area contributed by atoms with Crippen LogP contribution in [0.3, 0.4) is 0 Å². The molecule has 1 aromatic carbocycles. The molecule has 88 valence electrons. The molecular formula is C12H11ClN2O2. The fourth-order valence-electron chi connectivity index (χ4n) is 1.57. The fraction of sp³-hybridized carbons (Fsp3) is 0.167. The van der Waals surface area contributed by atoms with Crippen LogP contribution < -0.4 is 9.47 Å². The first kappa shape index (κ1) is 11.7. The maximum atomic E-state index is 5.77. The highest BCUT2D eigenvalue weighted by Crippen LogP contribution is 2.36. The van der Waals surface area contributed by atoms with E-state index < -0.39 is 0 Å². The van der Waals surface area contributed by atoms with E-state index in [0.29, 0.717) is 17.2 Å². The molecule has 4 nitrogen and oxygen atoms in total. The van der Waals surface area contributed by atoms with E-state index in [1.54, 1.807) is 26.5 Å². The molecule has 1 aromatic heterocycles. The van der Waals surface area contributed by atoms with Crippen molar-refractivity contribution >= 4 is 11.6 Å². The number of halogens is 1. The van der Waals surface area contributed by atoms with Gasteiger partial charge in [0.05, 0.1) is 19.9 Å². The van der Waals surface area contributed by atoms with Gasteiger partial charge in [-0.25, -0.2) is 9.97 Å². The van der Waals surface area contributed by atoms with Crippen LogP contribution in [-0.4, -0.2) is 24.2 Å². The average Bonchev–Trinajstić information content (AvgIpc) is 2.37. The molecule has 0 spiro atoms. The van der Waals surface area contributed by atoms with E-state index in [9.17, 15) is 0 Å². The lowest BCUT2D eigenvalue weighted by molar-refractivity contribution is 0.356. The van der Waals surface area contributed by atoms with Crippen molar-refractivity contribution in [3.8, 4) is 22.8 Å². The average molecular weight is 251 g/mol. The van der Waals surface area contributed by atoms with Gasteiger partial charge in [0.2, 0.25) is 5.28 Å². The molecule has 5 heteroatoms. The molecule has 0 bridgehead atoms. The molecule has 0 aliphatic rings. The monoisotopic (exact) mass is 250 g/mol. The van der Waals surface area contributed by atoms with Gasteiger partial charge in [-0.15, -0.1) is 0 Å². The lowest BCUT2D eigenvalue weighted by Gasteiger charge is -2.11. The van der Waals surface area contributed by atoms with Crippen LogP contribution in [0.5, 0.6) is 11.5 Å². The Balaban J connectivity index is 2.59. The summed E-state index contributed by atoms with van der Waals surface area (Å²) in [6.45, 7) is 0. The number of benzene rings is 1. The molecule has 0 unspecified atom stereocenters. The Kier molecular flexibility index (Phi) is 3.44. The van der Waals surface area contributed by atoms with Crippen LogP contribution in [0.25, 0.3) is 11.3 Å². The predicted octanol–water partition coefficient (Wildman–Crippen LogP) is 2.81. The van der Waals surface area contributed by atoms with Gasteiger partial charge >= 0.3 is 0 Å². The van der Waals surface area contributed by atoms with Gasteiger partial charge in [-0.05, 0) is 29.8 Å². The summed E-state index contributed by atoms with van der Waals surface area (Å²) in [5.74, 6) is 1.28.